The molecule has 9 nitrogen and oxygen atoms in total. The number of nitrogens with zero attached hydrogens (tertiary/aromatic N) is 2. The zero-order valence-corrected chi connectivity index (χ0v) is 24.8. The lowest BCUT2D eigenvalue weighted by Crippen LogP contribution is -2.39. The van der Waals surface area contributed by atoms with Crippen LogP contribution in [0.1, 0.15) is 31.9 Å². The lowest BCUT2D eigenvalue weighted by atomic mass is 10.0. The Labute approximate surface area is 227 Å². The number of rotatable bonds is 10. The minimum atomic E-state index is -4.06. The van der Waals surface area contributed by atoms with E-state index in [1.54, 1.807) is 39.0 Å². The van der Waals surface area contributed by atoms with Crippen molar-refractivity contribution < 1.29 is 27.8 Å². The summed E-state index contributed by atoms with van der Waals surface area (Å²) in [5, 5.41) is 10.6. The third-order valence-electron chi connectivity index (χ3n) is 5.74. The first-order chi connectivity index (χ1) is 17.6. The largest absolute Gasteiger partial charge is 0.493 e. The third-order valence-corrected chi connectivity index (χ3v) is 9.19. The highest BCUT2D eigenvalue weighted by Crippen LogP contribution is 2.37. The molecule has 0 aromatic heterocycles. The van der Waals surface area contributed by atoms with Gasteiger partial charge in [-0.3, -0.25) is 4.79 Å². The van der Waals surface area contributed by atoms with E-state index < -0.39 is 35.9 Å². The quantitative estimate of drug-likeness (QED) is 0.323. The Balaban J connectivity index is 1.92. The molecule has 0 saturated heterocycles. The molecular formula is C27H39N3O6SSi. The molecule has 2 aromatic rings. The summed E-state index contributed by atoms with van der Waals surface area (Å²) in [7, 11) is -5.62. The molecule has 1 unspecified atom stereocenters. The first kappa shape index (κ1) is 29.5. The summed E-state index contributed by atoms with van der Waals surface area (Å²) in [5.41, 5.74) is 7.27. The van der Waals surface area contributed by atoms with Gasteiger partial charge in [-0.15, -0.1) is 0 Å². The van der Waals surface area contributed by atoms with Gasteiger partial charge in [-0.05, 0) is 56.5 Å². The van der Waals surface area contributed by atoms with E-state index in [1.807, 2.05) is 30.3 Å². The second kappa shape index (κ2) is 11.4. The van der Waals surface area contributed by atoms with Crippen molar-refractivity contribution in [2.75, 3.05) is 10.8 Å². The van der Waals surface area contributed by atoms with E-state index in [2.05, 4.69) is 19.6 Å². The van der Waals surface area contributed by atoms with Gasteiger partial charge in [0, 0.05) is 14.6 Å². The van der Waals surface area contributed by atoms with Gasteiger partial charge in [-0.1, -0.05) is 56.0 Å². The van der Waals surface area contributed by atoms with Crippen LogP contribution in [0.4, 0.5) is 5.69 Å². The average Bonchev–Trinajstić information content (AvgIpc) is 3.03. The van der Waals surface area contributed by atoms with Gasteiger partial charge in [0.05, 0.1) is 6.20 Å². The van der Waals surface area contributed by atoms with E-state index in [0.717, 1.165) is 14.2 Å². The standard InChI is InChI=1S/C27H39N3O6SSi/c1-27(2,3)36-26(32)22(28)16-21-12-13-23(24(17-21)35-19-20-10-8-7-9-11-20)30-18-25(31)29(37(30,33)34)14-15-38(4,5)6/h7-13,17-18,22,31H,14-16,19,28H2,1-6H3. The normalized spacial score (nSPS) is 16.2. The highest BCUT2D eigenvalue weighted by atomic mass is 32.2. The van der Waals surface area contributed by atoms with Gasteiger partial charge >= 0.3 is 16.2 Å². The van der Waals surface area contributed by atoms with Crippen molar-refractivity contribution >= 4 is 29.9 Å². The molecule has 11 heteroatoms. The number of anilines is 1. The molecule has 0 aliphatic carbocycles. The first-order valence-corrected chi connectivity index (χ1v) is 17.7. The molecule has 38 heavy (non-hydrogen) atoms. The summed E-state index contributed by atoms with van der Waals surface area (Å²) in [6.45, 7) is 12.1. The van der Waals surface area contributed by atoms with Crippen LogP contribution in [0.15, 0.2) is 60.6 Å². The minimum absolute atomic E-state index is 0.174. The highest BCUT2D eigenvalue weighted by Gasteiger charge is 2.39. The number of carbonyl (C=O) groups is 1. The molecule has 0 bridgehead atoms. The van der Waals surface area contributed by atoms with Crippen LogP contribution in [-0.2, 0) is 32.8 Å². The van der Waals surface area contributed by atoms with Crippen molar-refractivity contribution in [2.45, 2.75) is 71.1 Å². The van der Waals surface area contributed by atoms with Crippen LogP contribution in [-0.4, -0.2) is 50.1 Å². The van der Waals surface area contributed by atoms with Crippen molar-refractivity contribution in [1.82, 2.24) is 4.31 Å². The molecule has 0 saturated carbocycles. The number of aliphatic hydroxyl groups is 1. The molecule has 1 aliphatic rings. The maximum absolute atomic E-state index is 13.5. The number of hydrogen-bond acceptors (Lipinski definition) is 7. The van der Waals surface area contributed by atoms with Crippen LogP contribution >= 0.6 is 0 Å². The Hall–Kier alpha value is -3.02. The Morgan fingerprint density at radius 2 is 1.74 bits per heavy atom. The van der Waals surface area contributed by atoms with E-state index in [4.69, 9.17) is 15.2 Å². The number of aliphatic hydroxyl groups excluding tert-OH is 1. The maximum atomic E-state index is 13.5. The SMILES string of the molecule is CC(C)(C)OC(=O)C(N)Cc1ccc(N2C=C(O)N(CC[Si](C)(C)C)S2(=O)=O)c(OCc2ccccc2)c1. The highest BCUT2D eigenvalue weighted by molar-refractivity contribution is 7.91. The number of ether oxygens (including phenoxy) is 2. The Morgan fingerprint density at radius 3 is 2.34 bits per heavy atom. The van der Waals surface area contributed by atoms with Gasteiger partial charge < -0.3 is 20.3 Å². The molecule has 0 radical (unpaired) electrons. The molecule has 1 heterocycles. The number of nitrogens with two attached hydrogens (primary N) is 1. The summed E-state index contributed by atoms with van der Waals surface area (Å²) in [6.07, 6.45) is 1.36. The molecule has 2 aromatic carbocycles. The topological polar surface area (TPSA) is 122 Å². The number of esters is 1. The van der Waals surface area contributed by atoms with Gasteiger partial charge in [0.15, 0.2) is 0 Å². The van der Waals surface area contributed by atoms with Crippen molar-refractivity contribution in [3.05, 3.63) is 71.7 Å². The fraction of sp³-hybridized carbons (Fsp3) is 0.444. The molecule has 1 aliphatic heterocycles. The van der Waals surface area contributed by atoms with Crippen molar-refractivity contribution in [2.24, 2.45) is 5.73 Å². The van der Waals surface area contributed by atoms with Crippen LogP contribution in [0, 0.1) is 0 Å². The van der Waals surface area contributed by atoms with Gasteiger partial charge in [0.25, 0.3) is 0 Å². The third kappa shape index (κ3) is 7.75. The molecule has 0 amide bonds. The molecule has 0 fully saturated rings. The van der Waals surface area contributed by atoms with E-state index in [9.17, 15) is 18.3 Å². The summed E-state index contributed by atoms with van der Waals surface area (Å²) in [4.78, 5) is 12.4. The van der Waals surface area contributed by atoms with E-state index in [1.165, 1.54) is 6.20 Å². The Bertz CT molecular complexity index is 1270. The van der Waals surface area contributed by atoms with E-state index in [0.29, 0.717) is 11.6 Å². The lowest BCUT2D eigenvalue weighted by molar-refractivity contribution is -0.156. The predicted molar refractivity (Wildman–Crippen MR) is 152 cm³/mol. The summed E-state index contributed by atoms with van der Waals surface area (Å²) in [5.74, 6) is -0.586. The van der Waals surface area contributed by atoms with Gasteiger partial charge in [0.2, 0.25) is 5.88 Å². The summed E-state index contributed by atoms with van der Waals surface area (Å²) < 4.78 is 40.4. The number of carbonyl (C=O) groups excluding carboxylic acids is 1. The smallest absolute Gasteiger partial charge is 0.332 e. The lowest BCUT2D eigenvalue weighted by Gasteiger charge is -2.26. The first-order valence-electron chi connectivity index (χ1n) is 12.6. The second-order valence-electron chi connectivity index (χ2n) is 11.6. The Kier molecular flexibility index (Phi) is 8.85. The molecular weight excluding hydrogens is 522 g/mol. The van der Waals surface area contributed by atoms with Gasteiger partial charge in [-0.2, -0.15) is 8.42 Å². The Morgan fingerprint density at radius 1 is 1.08 bits per heavy atom. The minimum Gasteiger partial charge on any atom is -0.493 e. The van der Waals surface area contributed by atoms with Crippen molar-refractivity contribution in [1.29, 1.82) is 0 Å². The molecule has 1 atom stereocenters. The van der Waals surface area contributed by atoms with Gasteiger partial charge in [0.1, 0.15) is 29.7 Å². The zero-order chi connectivity index (χ0) is 28.3. The number of hydrogen-bond donors (Lipinski definition) is 2. The van der Waals surface area contributed by atoms with Crippen LogP contribution in [0.2, 0.25) is 25.7 Å². The zero-order valence-electron chi connectivity index (χ0n) is 23.0. The summed E-state index contributed by atoms with van der Waals surface area (Å²) in [6, 6.07) is 14.2. The molecule has 3 rings (SSSR count). The van der Waals surface area contributed by atoms with Crippen LogP contribution < -0.4 is 14.8 Å². The predicted octanol–water partition coefficient (Wildman–Crippen LogP) is 4.54. The maximum Gasteiger partial charge on any atom is 0.332 e. The summed E-state index contributed by atoms with van der Waals surface area (Å²) >= 11 is 0. The number of benzene rings is 2. The van der Waals surface area contributed by atoms with E-state index in [-0.39, 0.29) is 36.9 Å². The van der Waals surface area contributed by atoms with Crippen LogP contribution in [0.25, 0.3) is 0 Å². The van der Waals surface area contributed by atoms with Gasteiger partial charge in [-0.25, -0.2) is 8.61 Å². The molecule has 208 valence electrons. The van der Waals surface area contributed by atoms with Crippen LogP contribution in [0.3, 0.4) is 0 Å². The van der Waals surface area contributed by atoms with Crippen LogP contribution in [0.5, 0.6) is 5.75 Å². The average molecular weight is 562 g/mol. The second-order valence-corrected chi connectivity index (χ2v) is 18.9. The fourth-order valence-electron chi connectivity index (χ4n) is 3.75. The molecule has 3 N–H and O–H groups in total. The van der Waals surface area contributed by atoms with Crippen molar-refractivity contribution in [3.63, 3.8) is 0 Å². The van der Waals surface area contributed by atoms with E-state index >= 15 is 0 Å². The fourth-order valence-corrected chi connectivity index (χ4v) is 6.26. The monoisotopic (exact) mass is 561 g/mol. The van der Waals surface area contributed by atoms with Crippen molar-refractivity contribution in [3.8, 4) is 5.75 Å². The molecule has 0 spiro atoms.